The Morgan fingerprint density at radius 2 is 1.96 bits per heavy atom. The zero-order valence-corrected chi connectivity index (χ0v) is 15.7. The van der Waals surface area contributed by atoms with Gasteiger partial charge in [0, 0.05) is 5.56 Å². The van der Waals surface area contributed by atoms with Crippen LogP contribution in [0.4, 0.5) is 4.39 Å². The van der Waals surface area contributed by atoms with Crippen molar-refractivity contribution in [3.63, 3.8) is 0 Å². The summed E-state index contributed by atoms with van der Waals surface area (Å²) in [4.78, 5) is 12.2. The molecule has 0 saturated carbocycles. The number of benzene rings is 2. The first kappa shape index (κ1) is 18.3. The highest BCUT2D eigenvalue weighted by molar-refractivity contribution is 7.99. The summed E-state index contributed by atoms with van der Waals surface area (Å²) in [6.07, 6.45) is 0. The van der Waals surface area contributed by atoms with Crippen molar-refractivity contribution >= 4 is 17.7 Å². The molecule has 2 aromatic carbocycles. The molecule has 2 heterocycles. The van der Waals surface area contributed by atoms with E-state index in [9.17, 15) is 9.18 Å². The molecule has 0 unspecified atom stereocenters. The predicted octanol–water partition coefficient (Wildman–Crippen LogP) is 3.57. The summed E-state index contributed by atoms with van der Waals surface area (Å²) in [5.41, 5.74) is 1.53. The van der Waals surface area contributed by atoms with E-state index in [0.717, 1.165) is 17.3 Å². The van der Waals surface area contributed by atoms with Gasteiger partial charge in [-0.25, -0.2) is 4.39 Å². The lowest BCUT2D eigenvalue weighted by Crippen LogP contribution is -2.28. The van der Waals surface area contributed by atoms with Gasteiger partial charge in [-0.2, -0.15) is 0 Å². The van der Waals surface area contributed by atoms with Crippen molar-refractivity contribution in [3.05, 3.63) is 53.8 Å². The second-order valence-corrected chi connectivity index (χ2v) is 7.00. The molecule has 1 N–H and O–H groups in total. The van der Waals surface area contributed by atoms with E-state index in [-0.39, 0.29) is 41.4 Å². The van der Waals surface area contributed by atoms with Crippen molar-refractivity contribution in [1.29, 1.82) is 0 Å². The van der Waals surface area contributed by atoms with E-state index < -0.39 is 0 Å². The van der Waals surface area contributed by atoms with Crippen LogP contribution in [0.3, 0.4) is 0 Å². The SMILES string of the molecule is C[C@@H](NC(=O)CSc1nnc(-c2ccc(F)cc2)o1)c1ccc2c(c1)OCO2. The number of carbonyl (C=O) groups is 1. The van der Waals surface area contributed by atoms with Crippen LogP contribution in [0.2, 0.25) is 0 Å². The molecule has 1 aromatic heterocycles. The van der Waals surface area contributed by atoms with Gasteiger partial charge in [-0.15, -0.1) is 10.2 Å². The van der Waals surface area contributed by atoms with Crippen LogP contribution in [0, 0.1) is 5.82 Å². The van der Waals surface area contributed by atoms with E-state index in [1.165, 1.54) is 12.1 Å². The molecular weight excluding hydrogens is 385 g/mol. The largest absolute Gasteiger partial charge is 0.454 e. The van der Waals surface area contributed by atoms with Gasteiger partial charge in [0.25, 0.3) is 5.22 Å². The second kappa shape index (κ2) is 7.89. The van der Waals surface area contributed by atoms with Crippen molar-refractivity contribution in [2.45, 2.75) is 18.2 Å². The van der Waals surface area contributed by atoms with Crippen LogP contribution in [-0.2, 0) is 4.79 Å². The number of nitrogens with zero attached hydrogens (tertiary/aromatic N) is 2. The summed E-state index contributed by atoms with van der Waals surface area (Å²) < 4.78 is 29.1. The lowest BCUT2D eigenvalue weighted by molar-refractivity contribution is -0.119. The Bertz CT molecular complexity index is 993. The van der Waals surface area contributed by atoms with Gasteiger partial charge in [0.15, 0.2) is 11.5 Å². The standard InChI is InChI=1S/C19H16FN3O4S/c1-11(13-4-7-15-16(8-13)26-10-25-15)21-17(24)9-28-19-23-22-18(27-19)12-2-5-14(20)6-3-12/h2-8,11H,9-10H2,1H3,(H,21,24)/t11-/m1/s1. The molecule has 0 spiro atoms. The summed E-state index contributed by atoms with van der Waals surface area (Å²) in [6.45, 7) is 2.10. The Hall–Kier alpha value is -3.07. The lowest BCUT2D eigenvalue weighted by atomic mass is 10.1. The summed E-state index contributed by atoms with van der Waals surface area (Å²) in [5, 5.41) is 11.0. The fourth-order valence-corrected chi connectivity index (χ4v) is 3.23. The molecule has 1 atom stereocenters. The van der Waals surface area contributed by atoms with Crippen LogP contribution in [0.15, 0.2) is 52.1 Å². The number of halogens is 1. The maximum atomic E-state index is 13.0. The molecule has 1 amide bonds. The van der Waals surface area contributed by atoms with Crippen LogP contribution < -0.4 is 14.8 Å². The van der Waals surface area contributed by atoms with Crippen molar-refractivity contribution in [1.82, 2.24) is 15.5 Å². The van der Waals surface area contributed by atoms with Crippen LogP contribution in [0.25, 0.3) is 11.5 Å². The molecule has 0 aliphatic carbocycles. The maximum absolute atomic E-state index is 13.0. The number of hydrogen-bond acceptors (Lipinski definition) is 7. The Kier molecular flexibility index (Phi) is 5.16. The Balaban J connectivity index is 1.31. The van der Waals surface area contributed by atoms with Gasteiger partial charge in [0.1, 0.15) is 5.82 Å². The third-order valence-electron chi connectivity index (χ3n) is 4.10. The minimum Gasteiger partial charge on any atom is -0.454 e. The van der Waals surface area contributed by atoms with Crippen LogP contribution >= 0.6 is 11.8 Å². The summed E-state index contributed by atoms with van der Waals surface area (Å²) in [7, 11) is 0. The van der Waals surface area contributed by atoms with Crippen LogP contribution in [0.5, 0.6) is 11.5 Å². The molecule has 7 nitrogen and oxygen atoms in total. The number of carbonyl (C=O) groups excluding carboxylic acids is 1. The molecule has 1 aliphatic rings. The number of ether oxygens (including phenoxy) is 2. The number of hydrogen-bond donors (Lipinski definition) is 1. The Morgan fingerprint density at radius 1 is 1.18 bits per heavy atom. The van der Waals surface area contributed by atoms with Crippen molar-refractivity contribution < 1.29 is 23.1 Å². The number of nitrogens with one attached hydrogen (secondary N) is 1. The first-order chi connectivity index (χ1) is 13.6. The lowest BCUT2D eigenvalue weighted by Gasteiger charge is -2.14. The van der Waals surface area contributed by atoms with Gasteiger partial charge >= 0.3 is 0 Å². The third kappa shape index (κ3) is 4.09. The third-order valence-corrected chi connectivity index (χ3v) is 4.92. The number of amides is 1. The van der Waals surface area contributed by atoms with Gasteiger partial charge in [-0.3, -0.25) is 4.79 Å². The molecule has 4 rings (SSSR count). The zero-order valence-electron chi connectivity index (χ0n) is 14.8. The van der Waals surface area contributed by atoms with Crippen molar-refractivity contribution in [2.24, 2.45) is 0 Å². The number of thioether (sulfide) groups is 1. The van der Waals surface area contributed by atoms with Crippen LogP contribution in [-0.4, -0.2) is 28.7 Å². The van der Waals surface area contributed by atoms with E-state index in [2.05, 4.69) is 15.5 Å². The van der Waals surface area contributed by atoms with Gasteiger partial charge in [0.2, 0.25) is 18.6 Å². The molecule has 144 valence electrons. The second-order valence-electron chi connectivity index (χ2n) is 6.07. The minimum atomic E-state index is -0.342. The first-order valence-electron chi connectivity index (χ1n) is 8.49. The average Bonchev–Trinajstić information content (AvgIpc) is 3.35. The molecule has 0 fully saturated rings. The number of fused-ring (bicyclic) bond motifs is 1. The highest BCUT2D eigenvalue weighted by Gasteiger charge is 2.17. The van der Waals surface area contributed by atoms with Crippen molar-refractivity contribution in [2.75, 3.05) is 12.5 Å². The van der Waals surface area contributed by atoms with Gasteiger partial charge < -0.3 is 19.2 Å². The molecule has 9 heteroatoms. The van der Waals surface area contributed by atoms with E-state index in [0.29, 0.717) is 17.1 Å². The molecule has 28 heavy (non-hydrogen) atoms. The summed E-state index contributed by atoms with van der Waals surface area (Å²) in [5.74, 6) is 1.26. The topological polar surface area (TPSA) is 86.5 Å². The van der Waals surface area contributed by atoms with Gasteiger partial charge in [-0.1, -0.05) is 17.8 Å². The van der Waals surface area contributed by atoms with E-state index in [4.69, 9.17) is 13.9 Å². The van der Waals surface area contributed by atoms with Crippen molar-refractivity contribution in [3.8, 4) is 23.0 Å². The molecule has 0 saturated heterocycles. The Labute approximate surface area is 164 Å². The number of aromatic nitrogens is 2. The molecule has 1 aliphatic heterocycles. The smallest absolute Gasteiger partial charge is 0.277 e. The highest BCUT2D eigenvalue weighted by Crippen LogP contribution is 2.34. The summed E-state index contributed by atoms with van der Waals surface area (Å²) in [6, 6.07) is 11.1. The van der Waals surface area contributed by atoms with E-state index >= 15 is 0 Å². The fourth-order valence-electron chi connectivity index (χ4n) is 2.65. The summed E-state index contributed by atoms with van der Waals surface area (Å²) >= 11 is 1.13. The average molecular weight is 401 g/mol. The molecule has 0 radical (unpaired) electrons. The van der Waals surface area contributed by atoms with E-state index in [1.54, 1.807) is 12.1 Å². The molecular formula is C19H16FN3O4S. The van der Waals surface area contributed by atoms with Gasteiger partial charge in [0.05, 0.1) is 11.8 Å². The highest BCUT2D eigenvalue weighted by atomic mass is 32.2. The first-order valence-corrected chi connectivity index (χ1v) is 9.48. The Morgan fingerprint density at radius 3 is 2.79 bits per heavy atom. The number of rotatable bonds is 6. The predicted molar refractivity (Wildman–Crippen MR) is 99.5 cm³/mol. The molecule has 0 bridgehead atoms. The fraction of sp³-hybridized carbons (Fsp3) is 0.211. The minimum absolute atomic E-state index is 0.125. The van der Waals surface area contributed by atoms with Gasteiger partial charge in [-0.05, 0) is 48.9 Å². The van der Waals surface area contributed by atoms with E-state index in [1.807, 2.05) is 25.1 Å². The monoisotopic (exact) mass is 401 g/mol. The van der Waals surface area contributed by atoms with Crippen LogP contribution in [0.1, 0.15) is 18.5 Å². The zero-order chi connectivity index (χ0) is 19.5. The molecule has 3 aromatic rings. The normalized spacial score (nSPS) is 13.4. The maximum Gasteiger partial charge on any atom is 0.277 e. The quantitative estimate of drug-likeness (QED) is 0.632.